The van der Waals surface area contributed by atoms with Crippen molar-refractivity contribution in [2.75, 3.05) is 0 Å². The molecule has 0 saturated carbocycles. The first kappa shape index (κ1) is 28.2. The fourth-order valence-corrected chi connectivity index (χ4v) is 7.05. The number of nitrogens with zero attached hydrogens (tertiary/aromatic N) is 1. The number of phosphoric acid groups is 3. The summed E-state index contributed by atoms with van der Waals surface area (Å²) >= 11 is 0. The highest BCUT2D eigenvalue weighted by Crippen LogP contribution is 2.67. The zero-order valence-corrected chi connectivity index (χ0v) is 20.5. The van der Waals surface area contributed by atoms with E-state index >= 15 is 0 Å². The lowest BCUT2D eigenvalue weighted by atomic mass is 9.80. The second-order valence-electron chi connectivity index (χ2n) is 7.83. The Morgan fingerprint density at radius 3 is 2.18 bits per heavy atom. The first-order chi connectivity index (χ1) is 14.7. The molecule has 0 aliphatic carbocycles. The first-order valence-corrected chi connectivity index (χ1v) is 13.7. The van der Waals surface area contributed by atoms with E-state index in [2.05, 4.69) is 13.6 Å². The normalized spacial score (nSPS) is 31.5. The highest BCUT2D eigenvalue weighted by Gasteiger charge is 2.58. The Morgan fingerprint density at radius 2 is 1.70 bits per heavy atom. The Balaban J connectivity index is 2.35. The van der Waals surface area contributed by atoms with Crippen LogP contribution < -0.4 is 11.2 Å². The van der Waals surface area contributed by atoms with Crippen molar-refractivity contribution in [3.05, 3.63) is 33.1 Å². The number of aliphatic hydroxyl groups is 1. The van der Waals surface area contributed by atoms with E-state index in [1.807, 2.05) is 0 Å². The van der Waals surface area contributed by atoms with Gasteiger partial charge in [0, 0.05) is 24.6 Å². The van der Waals surface area contributed by atoms with E-state index in [4.69, 9.17) is 19.0 Å². The molecule has 19 heteroatoms. The molecule has 1 fully saturated rings. The molecular formula is C14H25N2O14P3. The van der Waals surface area contributed by atoms with Gasteiger partial charge in [0.05, 0.1) is 12.2 Å². The SMILES string of the molecule is CC(O)C1CC(C)(n2ccc(=O)[nH]c2=O)OC1(C)C(C)OP(=O)(O)OP(=O)(O)OP(=O)(O)O. The Bertz CT molecular complexity index is 1140. The van der Waals surface area contributed by atoms with Crippen LogP contribution in [0.15, 0.2) is 21.9 Å². The van der Waals surface area contributed by atoms with E-state index in [-0.39, 0.29) is 6.42 Å². The van der Waals surface area contributed by atoms with Crippen molar-refractivity contribution in [3.8, 4) is 0 Å². The lowest BCUT2D eigenvalue weighted by Gasteiger charge is -2.38. The minimum absolute atomic E-state index is 0.0305. The van der Waals surface area contributed by atoms with Crippen molar-refractivity contribution in [3.63, 3.8) is 0 Å². The van der Waals surface area contributed by atoms with Gasteiger partial charge in [-0.3, -0.25) is 18.9 Å². The van der Waals surface area contributed by atoms with E-state index in [9.17, 15) is 38.2 Å². The first-order valence-electron chi connectivity index (χ1n) is 9.23. The summed E-state index contributed by atoms with van der Waals surface area (Å²) in [6.07, 6.45) is -1.44. The van der Waals surface area contributed by atoms with E-state index in [0.717, 1.165) is 10.6 Å². The number of aromatic nitrogens is 2. The average molecular weight is 538 g/mol. The maximum Gasteiger partial charge on any atom is 0.490 e. The fraction of sp³-hybridized carbons (Fsp3) is 0.714. The number of hydrogen-bond acceptors (Lipinski definition) is 10. The Kier molecular flexibility index (Phi) is 7.90. The number of phosphoric ester groups is 1. The lowest BCUT2D eigenvalue weighted by molar-refractivity contribution is -0.181. The largest absolute Gasteiger partial charge is 0.490 e. The summed E-state index contributed by atoms with van der Waals surface area (Å²) in [7, 11) is -16.8. The third kappa shape index (κ3) is 6.79. The minimum atomic E-state index is -5.73. The Morgan fingerprint density at radius 1 is 1.12 bits per heavy atom. The zero-order valence-electron chi connectivity index (χ0n) is 17.8. The van der Waals surface area contributed by atoms with Gasteiger partial charge in [0.15, 0.2) is 0 Å². The molecule has 0 amide bonds. The monoisotopic (exact) mass is 538 g/mol. The molecule has 1 saturated heterocycles. The smallest absolute Gasteiger partial charge is 0.393 e. The van der Waals surface area contributed by atoms with Crippen LogP contribution in [0.5, 0.6) is 0 Å². The predicted octanol–water partition coefficient (Wildman–Crippen LogP) is 0.117. The topological polar surface area (TPSA) is 244 Å². The number of hydrogen-bond donors (Lipinski definition) is 6. The van der Waals surface area contributed by atoms with Gasteiger partial charge in [0.25, 0.3) is 5.56 Å². The van der Waals surface area contributed by atoms with Gasteiger partial charge < -0.3 is 29.4 Å². The molecule has 1 aromatic rings. The van der Waals surface area contributed by atoms with Crippen molar-refractivity contribution in [2.45, 2.75) is 57.6 Å². The molecule has 0 spiro atoms. The van der Waals surface area contributed by atoms with Gasteiger partial charge in [-0.25, -0.2) is 18.5 Å². The van der Waals surface area contributed by atoms with Gasteiger partial charge in [-0.1, -0.05) is 0 Å². The molecular weight excluding hydrogens is 513 g/mol. The molecule has 1 aliphatic rings. The van der Waals surface area contributed by atoms with Crippen LogP contribution in [0.3, 0.4) is 0 Å². The van der Waals surface area contributed by atoms with Crippen LogP contribution in [0, 0.1) is 5.92 Å². The molecule has 190 valence electrons. The second-order valence-corrected chi connectivity index (χ2v) is 12.2. The van der Waals surface area contributed by atoms with Crippen molar-refractivity contribution < 1.29 is 56.3 Å². The summed E-state index contributed by atoms with van der Waals surface area (Å²) in [6.45, 7) is 5.44. The second kappa shape index (κ2) is 9.23. The van der Waals surface area contributed by atoms with Crippen molar-refractivity contribution in [1.82, 2.24) is 9.55 Å². The zero-order chi connectivity index (χ0) is 25.6. The van der Waals surface area contributed by atoms with Gasteiger partial charge in [0.2, 0.25) is 0 Å². The maximum atomic E-state index is 12.3. The van der Waals surface area contributed by atoms with E-state index in [1.165, 1.54) is 33.9 Å². The van der Waals surface area contributed by atoms with E-state index in [1.54, 1.807) is 0 Å². The van der Waals surface area contributed by atoms with Gasteiger partial charge in [-0.15, -0.1) is 0 Å². The molecule has 16 nitrogen and oxygen atoms in total. The summed E-state index contributed by atoms with van der Waals surface area (Å²) < 4.78 is 53.9. The van der Waals surface area contributed by atoms with E-state index < -0.39 is 64.2 Å². The van der Waals surface area contributed by atoms with Crippen LogP contribution >= 0.6 is 23.5 Å². The van der Waals surface area contributed by atoms with Gasteiger partial charge >= 0.3 is 29.2 Å². The number of ether oxygens (including phenoxy) is 1. The Hall–Kier alpha value is -0.990. The summed E-state index contributed by atoms with van der Waals surface area (Å²) in [5.74, 6) is -0.844. The van der Waals surface area contributed by atoms with Gasteiger partial charge in [-0.05, 0) is 27.7 Å². The van der Waals surface area contributed by atoms with Crippen molar-refractivity contribution in [2.24, 2.45) is 5.92 Å². The fourth-order valence-electron chi connectivity index (χ4n) is 3.78. The van der Waals surface area contributed by atoms with Crippen molar-refractivity contribution in [1.29, 1.82) is 0 Å². The van der Waals surface area contributed by atoms with Gasteiger partial charge in [-0.2, -0.15) is 8.62 Å². The van der Waals surface area contributed by atoms with Crippen LogP contribution in [-0.2, 0) is 37.3 Å². The number of aliphatic hydroxyl groups excluding tert-OH is 1. The Labute approximate surface area is 186 Å². The number of H-pyrrole nitrogens is 1. The molecule has 0 bridgehead atoms. The van der Waals surface area contributed by atoms with Crippen LogP contribution in [0.25, 0.3) is 0 Å². The van der Waals surface area contributed by atoms with Gasteiger partial charge in [0.1, 0.15) is 11.3 Å². The molecule has 0 aromatic carbocycles. The lowest BCUT2D eigenvalue weighted by Crippen LogP contribution is -2.49. The number of rotatable bonds is 9. The number of nitrogens with one attached hydrogen (secondary N) is 1. The summed E-state index contributed by atoms with van der Waals surface area (Å²) in [6, 6.07) is 1.07. The third-order valence-corrected chi connectivity index (χ3v) is 9.11. The molecule has 2 rings (SSSR count). The standard InChI is InChI=1S/C14H25N2O14P3/c1-8(17)10-7-13(3,16-6-5-11(18)15-12(16)19)28-14(10,4)9(2)27-32(23,24)30-33(25,26)29-31(20,21)22/h5-6,8-10,17H,7H2,1-4H3,(H,23,24)(H,25,26)(H,15,18,19)(H2,20,21,22). The van der Waals surface area contributed by atoms with Crippen molar-refractivity contribution >= 4 is 23.5 Å². The summed E-state index contributed by atoms with van der Waals surface area (Å²) in [5, 5.41) is 10.3. The molecule has 2 heterocycles. The highest BCUT2D eigenvalue weighted by atomic mass is 31.3. The minimum Gasteiger partial charge on any atom is -0.393 e. The average Bonchev–Trinajstić information content (AvgIpc) is 2.84. The molecule has 7 unspecified atom stereocenters. The van der Waals surface area contributed by atoms with Crippen LogP contribution in [0.4, 0.5) is 0 Å². The quantitative estimate of drug-likeness (QED) is 0.229. The number of aromatic amines is 1. The van der Waals surface area contributed by atoms with E-state index in [0.29, 0.717) is 0 Å². The van der Waals surface area contributed by atoms with Crippen LogP contribution in [-0.4, -0.2) is 52.0 Å². The third-order valence-electron chi connectivity index (χ3n) is 5.20. The summed E-state index contributed by atoms with van der Waals surface area (Å²) in [5.41, 5.74) is -4.57. The molecule has 6 N–H and O–H groups in total. The highest BCUT2D eigenvalue weighted by molar-refractivity contribution is 7.66. The maximum absolute atomic E-state index is 12.3. The molecule has 1 aromatic heterocycles. The molecule has 7 atom stereocenters. The molecule has 1 aliphatic heterocycles. The summed E-state index contributed by atoms with van der Waals surface area (Å²) in [4.78, 5) is 62.1. The van der Waals surface area contributed by atoms with Crippen LogP contribution in [0.1, 0.15) is 34.1 Å². The molecule has 33 heavy (non-hydrogen) atoms. The molecule has 0 radical (unpaired) electrons. The van der Waals surface area contributed by atoms with Crippen LogP contribution in [0.2, 0.25) is 0 Å². The predicted molar refractivity (Wildman–Crippen MR) is 109 cm³/mol.